The van der Waals surface area contributed by atoms with E-state index < -0.39 is 12.5 Å². The van der Waals surface area contributed by atoms with E-state index >= 15 is 0 Å². The zero-order valence-corrected chi connectivity index (χ0v) is 17.9. The maximum absolute atomic E-state index is 12.8. The van der Waals surface area contributed by atoms with Gasteiger partial charge in [0.25, 0.3) is 5.91 Å². The molecule has 0 radical (unpaired) electrons. The Bertz CT molecular complexity index is 1250. The highest BCUT2D eigenvalue weighted by Crippen LogP contribution is 2.67. The lowest BCUT2D eigenvalue weighted by molar-refractivity contribution is -0.352. The molecule has 0 unspecified atom stereocenters. The second-order valence-electron chi connectivity index (χ2n) is 9.38. The van der Waals surface area contributed by atoms with Gasteiger partial charge in [-0.05, 0) is 56.4 Å². The van der Waals surface area contributed by atoms with Crippen LogP contribution in [0.25, 0.3) is 10.9 Å². The number of nitrogens with one attached hydrogen (secondary N) is 1. The topological polar surface area (TPSA) is 90.1 Å². The Labute approximate surface area is 190 Å². The first kappa shape index (κ1) is 20.9. The second-order valence-corrected chi connectivity index (χ2v) is 9.81. The van der Waals surface area contributed by atoms with Crippen molar-refractivity contribution in [3.05, 3.63) is 52.8 Å². The molecule has 0 atom stereocenters. The number of fused-ring (bicyclic) bond motifs is 1. The number of halogens is 4. The van der Waals surface area contributed by atoms with Gasteiger partial charge in [0, 0.05) is 21.9 Å². The number of aromatic nitrogens is 3. The first-order chi connectivity index (χ1) is 15.6. The van der Waals surface area contributed by atoms with Gasteiger partial charge in [0.2, 0.25) is 11.8 Å². The summed E-state index contributed by atoms with van der Waals surface area (Å²) in [6.45, 7) is 0. The summed E-state index contributed by atoms with van der Waals surface area (Å²) in [5, 5.41) is 12.7. The van der Waals surface area contributed by atoms with Gasteiger partial charge in [-0.1, -0.05) is 17.7 Å². The number of hydrogen-bond acceptors (Lipinski definition) is 6. The van der Waals surface area contributed by atoms with Gasteiger partial charge in [0.1, 0.15) is 5.69 Å². The van der Waals surface area contributed by atoms with Crippen molar-refractivity contribution in [2.45, 2.75) is 61.4 Å². The maximum atomic E-state index is 12.8. The van der Waals surface area contributed by atoms with E-state index in [1.165, 1.54) is 0 Å². The Morgan fingerprint density at radius 2 is 1.91 bits per heavy atom. The van der Waals surface area contributed by atoms with Crippen LogP contribution in [0.3, 0.4) is 0 Å². The molecule has 4 saturated carbocycles. The van der Waals surface area contributed by atoms with Crippen LogP contribution >= 0.6 is 11.6 Å². The van der Waals surface area contributed by atoms with E-state index in [0.717, 1.165) is 5.39 Å². The normalized spacial score (nSPS) is 30.3. The van der Waals surface area contributed by atoms with E-state index in [2.05, 4.69) is 25.2 Å². The summed E-state index contributed by atoms with van der Waals surface area (Å²) in [5.74, 6) is 0.398. The van der Waals surface area contributed by atoms with Crippen LogP contribution in [0, 0.1) is 0 Å². The lowest BCUT2D eigenvalue weighted by atomic mass is 9.39. The molecule has 172 valence electrons. The first-order valence-corrected chi connectivity index (χ1v) is 11.0. The van der Waals surface area contributed by atoms with Gasteiger partial charge in [-0.3, -0.25) is 9.53 Å². The van der Waals surface area contributed by atoms with Gasteiger partial charge in [0.05, 0.1) is 17.0 Å². The maximum Gasteiger partial charge on any atom is 0.522 e. The van der Waals surface area contributed by atoms with Crippen LogP contribution in [0.5, 0.6) is 0 Å². The molecule has 0 spiro atoms. The van der Waals surface area contributed by atoms with Crippen molar-refractivity contribution in [3.8, 4) is 0 Å². The lowest BCUT2D eigenvalue weighted by Crippen LogP contribution is -2.76. The molecule has 7 nitrogen and oxygen atoms in total. The SMILES string of the molecule is O=C(NC12CC(c3nnc(C4CC(OC(F)(F)F)C4)o3)(C1)C2)c1ccc2cc(Cl)ccc2n1. The summed E-state index contributed by atoms with van der Waals surface area (Å²) >= 11 is 5.99. The number of hydrogen-bond donors (Lipinski definition) is 1. The van der Waals surface area contributed by atoms with Crippen molar-refractivity contribution in [2.24, 2.45) is 0 Å². The van der Waals surface area contributed by atoms with E-state index in [4.69, 9.17) is 16.0 Å². The van der Waals surface area contributed by atoms with E-state index in [9.17, 15) is 18.0 Å². The molecular weight excluding hydrogens is 461 g/mol. The molecule has 0 saturated heterocycles. The Balaban J connectivity index is 1.06. The number of ether oxygens (including phenoxy) is 1. The molecule has 2 heterocycles. The van der Waals surface area contributed by atoms with Crippen molar-refractivity contribution in [2.75, 3.05) is 0 Å². The number of carbonyl (C=O) groups excluding carboxylic acids is 1. The zero-order valence-electron chi connectivity index (χ0n) is 17.2. The quantitative estimate of drug-likeness (QED) is 0.573. The largest absolute Gasteiger partial charge is 0.522 e. The lowest BCUT2D eigenvalue weighted by Gasteiger charge is -2.68. The second kappa shape index (κ2) is 6.89. The predicted molar refractivity (Wildman–Crippen MR) is 110 cm³/mol. The third-order valence-electron chi connectivity index (χ3n) is 6.93. The number of pyridine rings is 1. The molecule has 33 heavy (non-hydrogen) atoms. The number of benzene rings is 1. The molecular formula is C22H18ClF3N4O3. The molecule has 4 aliphatic carbocycles. The fourth-order valence-corrected chi connectivity index (χ4v) is 5.52. The van der Waals surface area contributed by atoms with Crippen LogP contribution in [0.2, 0.25) is 5.02 Å². The van der Waals surface area contributed by atoms with Gasteiger partial charge in [-0.2, -0.15) is 0 Å². The molecule has 11 heteroatoms. The number of amides is 1. The van der Waals surface area contributed by atoms with Crippen molar-refractivity contribution in [1.82, 2.24) is 20.5 Å². The minimum absolute atomic E-state index is 0.207. The highest BCUT2D eigenvalue weighted by molar-refractivity contribution is 6.31. The van der Waals surface area contributed by atoms with Gasteiger partial charge < -0.3 is 9.73 Å². The van der Waals surface area contributed by atoms with E-state index in [0.29, 0.717) is 47.3 Å². The Morgan fingerprint density at radius 3 is 2.64 bits per heavy atom. The number of rotatable bonds is 5. The van der Waals surface area contributed by atoms with Gasteiger partial charge in [-0.15, -0.1) is 23.4 Å². The molecule has 0 aliphatic heterocycles. The Kier molecular flexibility index (Phi) is 4.36. The summed E-state index contributed by atoms with van der Waals surface area (Å²) in [4.78, 5) is 17.2. The molecule has 1 amide bonds. The predicted octanol–water partition coefficient (Wildman–Crippen LogP) is 4.66. The third-order valence-corrected chi connectivity index (χ3v) is 7.17. The van der Waals surface area contributed by atoms with Crippen LogP contribution in [-0.4, -0.2) is 39.1 Å². The van der Waals surface area contributed by atoms with Crippen molar-refractivity contribution in [1.29, 1.82) is 0 Å². The standard InChI is InChI=1S/C22H18ClF3N4O3/c23-13-2-4-15-11(5-13)1-3-16(27-15)17(31)28-21-8-20(9-21,10-21)19-30-29-18(32-19)12-6-14(7-12)33-22(24,25)26/h1-5,12,14H,6-10H2,(H,28,31). The molecule has 3 aromatic rings. The minimum atomic E-state index is -4.63. The summed E-state index contributed by atoms with van der Waals surface area (Å²) in [5.41, 5.74) is 0.449. The summed E-state index contributed by atoms with van der Waals surface area (Å²) in [6.07, 6.45) is -3.03. The number of nitrogens with zero attached hydrogens (tertiary/aromatic N) is 3. The van der Waals surface area contributed by atoms with Gasteiger partial charge >= 0.3 is 6.36 Å². The minimum Gasteiger partial charge on any atom is -0.424 e. The zero-order chi connectivity index (χ0) is 23.0. The molecule has 4 aliphatic rings. The van der Waals surface area contributed by atoms with Gasteiger partial charge in [0.15, 0.2) is 0 Å². The third kappa shape index (κ3) is 3.56. The summed E-state index contributed by atoms with van der Waals surface area (Å²) in [6, 6.07) is 8.79. The van der Waals surface area contributed by atoms with Crippen molar-refractivity contribution in [3.63, 3.8) is 0 Å². The summed E-state index contributed by atoms with van der Waals surface area (Å²) < 4.78 is 46.7. The highest BCUT2D eigenvalue weighted by atomic mass is 35.5. The number of carbonyl (C=O) groups is 1. The fraction of sp³-hybridized carbons (Fsp3) is 0.455. The van der Waals surface area contributed by atoms with Crippen molar-refractivity contribution < 1.29 is 27.1 Å². The Hall–Kier alpha value is -2.72. The molecule has 4 fully saturated rings. The Morgan fingerprint density at radius 1 is 1.15 bits per heavy atom. The monoisotopic (exact) mass is 478 g/mol. The first-order valence-electron chi connectivity index (χ1n) is 10.6. The van der Waals surface area contributed by atoms with Gasteiger partial charge in [-0.25, -0.2) is 4.98 Å². The van der Waals surface area contributed by atoms with Crippen molar-refractivity contribution >= 4 is 28.4 Å². The van der Waals surface area contributed by atoms with Crippen LogP contribution in [0.1, 0.15) is 60.3 Å². The highest BCUT2D eigenvalue weighted by Gasteiger charge is 2.72. The van der Waals surface area contributed by atoms with Crippen LogP contribution < -0.4 is 5.32 Å². The number of alkyl halides is 3. The molecule has 1 aromatic carbocycles. The van der Waals surface area contributed by atoms with Crippen LogP contribution in [0.4, 0.5) is 13.2 Å². The molecule has 7 rings (SSSR count). The average molecular weight is 479 g/mol. The average Bonchev–Trinajstić information content (AvgIpc) is 3.13. The van der Waals surface area contributed by atoms with Crippen LogP contribution in [-0.2, 0) is 10.2 Å². The summed E-state index contributed by atoms with van der Waals surface area (Å²) in [7, 11) is 0. The molecule has 1 N–H and O–H groups in total. The molecule has 2 bridgehead atoms. The molecule has 2 aromatic heterocycles. The smallest absolute Gasteiger partial charge is 0.424 e. The fourth-order valence-electron chi connectivity index (χ4n) is 5.34. The van der Waals surface area contributed by atoms with E-state index in [1.807, 2.05) is 6.07 Å². The van der Waals surface area contributed by atoms with Crippen LogP contribution in [0.15, 0.2) is 34.7 Å². The van der Waals surface area contributed by atoms with E-state index in [-0.39, 0.29) is 35.6 Å². The van der Waals surface area contributed by atoms with E-state index in [1.54, 1.807) is 24.3 Å².